The SMILES string of the molecule is CC(C)N(C)C(c1ccccc1)C(N)c1ccccc1. The molecule has 0 aliphatic rings. The second-order valence-corrected chi connectivity index (χ2v) is 5.55. The molecule has 2 unspecified atom stereocenters. The monoisotopic (exact) mass is 268 g/mol. The minimum Gasteiger partial charge on any atom is -0.322 e. The first-order valence-corrected chi connectivity index (χ1v) is 7.18. The highest BCUT2D eigenvalue weighted by Crippen LogP contribution is 2.32. The van der Waals surface area contributed by atoms with Gasteiger partial charge in [-0.05, 0) is 32.0 Å². The van der Waals surface area contributed by atoms with Crippen LogP contribution in [0.5, 0.6) is 0 Å². The lowest BCUT2D eigenvalue weighted by Crippen LogP contribution is -2.37. The lowest BCUT2D eigenvalue weighted by atomic mass is 9.92. The average molecular weight is 268 g/mol. The van der Waals surface area contributed by atoms with Crippen molar-refractivity contribution in [3.8, 4) is 0 Å². The van der Waals surface area contributed by atoms with Crippen LogP contribution in [0.15, 0.2) is 60.7 Å². The second kappa shape index (κ2) is 6.69. The third-order valence-corrected chi connectivity index (χ3v) is 3.92. The molecule has 0 saturated heterocycles. The van der Waals surface area contributed by atoms with Crippen LogP contribution in [0, 0.1) is 0 Å². The first-order valence-electron chi connectivity index (χ1n) is 7.18. The molecule has 2 aromatic carbocycles. The van der Waals surface area contributed by atoms with Gasteiger partial charge in [0.05, 0.1) is 6.04 Å². The van der Waals surface area contributed by atoms with Crippen LogP contribution in [-0.4, -0.2) is 18.0 Å². The molecular formula is C18H24N2. The molecule has 2 aromatic rings. The fourth-order valence-corrected chi connectivity index (χ4v) is 2.52. The summed E-state index contributed by atoms with van der Waals surface area (Å²) in [4.78, 5) is 2.34. The first kappa shape index (κ1) is 14.8. The Balaban J connectivity index is 2.37. The van der Waals surface area contributed by atoms with Crippen molar-refractivity contribution in [1.29, 1.82) is 0 Å². The van der Waals surface area contributed by atoms with Gasteiger partial charge in [-0.2, -0.15) is 0 Å². The van der Waals surface area contributed by atoms with Gasteiger partial charge in [-0.25, -0.2) is 0 Å². The number of likely N-dealkylation sites (N-methyl/N-ethyl adjacent to an activating group) is 1. The Morgan fingerprint density at radius 1 is 0.800 bits per heavy atom. The van der Waals surface area contributed by atoms with Crippen molar-refractivity contribution >= 4 is 0 Å². The van der Waals surface area contributed by atoms with Gasteiger partial charge in [-0.3, -0.25) is 4.90 Å². The number of hydrogen-bond acceptors (Lipinski definition) is 2. The molecule has 0 bridgehead atoms. The van der Waals surface area contributed by atoms with Gasteiger partial charge in [0.2, 0.25) is 0 Å². The van der Waals surface area contributed by atoms with Gasteiger partial charge < -0.3 is 5.73 Å². The third-order valence-electron chi connectivity index (χ3n) is 3.92. The van der Waals surface area contributed by atoms with Crippen LogP contribution in [-0.2, 0) is 0 Å². The van der Waals surface area contributed by atoms with Crippen molar-refractivity contribution in [3.05, 3.63) is 71.8 Å². The summed E-state index contributed by atoms with van der Waals surface area (Å²) in [6.45, 7) is 4.40. The Kier molecular flexibility index (Phi) is 4.94. The summed E-state index contributed by atoms with van der Waals surface area (Å²) >= 11 is 0. The largest absolute Gasteiger partial charge is 0.322 e. The van der Waals surface area contributed by atoms with Crippen molar-refractivity contribution in [3.63, 3.8) is 0 Å². The fourth-order valence-electron chi connectivity index (χ4n) is 2.52. The Bertz CT molecular complexity index is 507. The zero-order chi connectivity index (χ0) is 14.5. The topological polar surface area (TPSA) is 29.3 Å². The van der Waals surface area contributed by atoms with Crippen LogP contribution in [0.3, 0.4) is 0 Å². The molecule has 0 aliphatic heterocycles. The second-order valence-electron chi connectivity index (χ2n) is 5.55. The van der Waals surface area contributed by atoms with Gasteiger partial charge in [0.15, 0.2) is 0 Å². The molecule has 0 aliphatic carbocycles. The van der Waals surface area contributed by atoms with Crippen LogP contribution in [0.2, 0.25) is 0 Å². The van der Waals surface area contributed by atoms with Crippen molar-refractivity contribution in [2.24, 2.45) is 5.73 Å². The van der Waals surface area contributed by atoms with Gasteiger partial charge in [-0.1, -0.05) is 60.7 Å². The predicted octanol–water partition coefficient (Wildman–Crippen LogP) is 3.77. The van der Waals surface area contributed by atoms with Crippen molar-refractivity contribution in [2.45, 2.75) is 32.0 Å². The Morgan fingerprint density at radius 2 is 1.25 bits per heavy atom. The summed E-state index contributed by atoms with van der Waals surface area (Å²) in [5, 5.41) is 0. The lowest BCUT2D eigenvalue weighted by Gasteiger charge is -2.36. The fraction of sp³-hybridized carbons (Fsp3) is 0.333. The highest BCUT2D eigenvalue weighted by molar-refractivity contribution is 5.27. The van der Waals surface area contributed by atoms with Crippen LogP contribution < -0.4 is 5.73 Å². The number of nitrogens with two attached hydrogens (primary N) is 1. The zero-order valence-electron chi connectivity index (χ0n) is 12.5. The Morgan fingerprint density at radius 3 is 1.70 bits per heavy atom. The van der Waals surface area contributed by atoms with E-state index in [1.165, 1.54) is 11.1 Å². The zero-order valence-corrected chi connectivity index (χ0v) is 12.5. The molecule has 0 radical (unpaired) electrons. The van der Waals surface area contributed by atoms with E-state index < -0.39 is 0 Å². The molecular weight excluding hydrogens is 244 g/mol. The molecule has 0 aromatic heterocycles. The standard InChI is InChI=1S/C18H24N2/c1-14(2)20(3)18(16-12-8-5-9-13-16)17(19)15-10-6-4-7-11-15/h4-14,17-18H,19H2,1-3H3. The van der Waals surface area contributed by atoms with Crippen molar-refractivity contribution in [1.82, 2.24) is 4.90 Å². The maximum absolute atomic E-state index is 6.57. The maximum atomic E-state index is 6.57. The van der Waals surface area contributed by atoms with Crippen molar-refractivity contribution < 1.29 is 0 Å². The van der Waals surface area contributed by atoms with Crippen LogP contribution in [0.4, 0.5) is 0 Å². The van der Waals surface area contributed by atoms with Gasteiger partial charge in [-0.15, -0.1) is 0 Å². The lowest BCUT2D eigenvalue weighted by molar-refractivity contribution is 0.170. The predicted molar refractivity (Wildman–Crippen MR) is 85.5 cm³/mol. The van der Waals surface area contributed by atoms with E-state index in [1.807, 2.05) is 24.3 Å². The van der Waals surface area contributed by atoms with Gasteiger partial charge in [0.1, 0.15) is 0 Å². The van der Waals surface area contributed by atoms with E-state index in [0.717, 1.165) is 0 Å². The number of benzene rings is 2. The molecule has 2 atom stereocenters. The Labute approximate surface area is 122 Å². The van der Waals surface area contributed by atoms with Gasteiger partial charge in [0, 0.05) is 12.1 Å². The average Bonchev–Trinajstić information content (AvgIpc) is 2.49. The number of rotatable bonds is 5. The summed E-state index contributed by atoms with van der Waals surface area (Å²) in [7, 11) is 2.14. The van der Waals surface area contributed by atoms with Gasteiger partial charge >= 0.3 is 0 Å². The highest BCUT2D eigenvalue weighted by Gasteiger charge is 2.26. The minimum absolute atomic E-state index is 0.0361. The first-order chi connectivity index (χ1) is 9.61. The maximum Gasteiger partial charge on any atom is 0.0540 e. The summed E-state index contributed by atoms with van der Waals surface area (Å²) in [6, 6.07) is 21.4. The van der Waals surface area contributed by atoms with E-state index in [9.17, 15) is 0 Å². The molecule has 0 saturated carbocycles. The summed E-state index contributed by atoms with van der Waals surface area (Å²) in [5.74, 6) is 0. The van der Waals surface area contributed by atoms with E-state index in [-0.39, 0.29) is 12.1 Å². The molecule has 0 spiro atoms. The highest BCUT2D eigenvalue weighted by atomic mass is 15.2. The van der Waals surface area contributed by atoms with E-state index in [0.29, 0.717) is 6.04 Å². The van der Waals surface area contributed by atoms with E-state index in [2.05, 4.69) is 62.2 Å². The summed E-state index contributed by atoms with van der Waals surface area (Å²) in [5.41, 5.74) is 9.01. The van der Waals surface area contributed by atoms with E-state index in [1.54, 1.807) is 0 Å². The number of hydrogen-bond donors (Lipinski definition) is 1. The molecule has 2 heteroatoms. The molecule has 0 fully saturated rings. The van der Waals surface area contributed by atoms with Crippen LogP contribution >= 0.6 is 0 Å². The van der Waals surface area contributed by atoms with E-state index in [4.69, 9.17) is 5.73 Å². The summed E-state index contributed by atoms with van der Waals surface area (Å²) < 4.78 is 0. The van der Waals surface area contributed by atoms with Crippen LogP contribution in [0.25, 0.3) is 0 Å². The Hall–Kier alpha value is -1.64. The van der Waals surface area contributed by atoms with Crippen molar-refractivity contribution in [2.75, 3.05) is 7.05 Å². The molecule has 106 valence electrons. The molecule has 2 N–H and O–H groups in total. The molecule has 0 heterocycles. The smallest absolute Gasteiger partial charge is 0.0540 e. The van der Waals surface area contributed by atoms with Gasteiger partial charge in [0.25, 0.3) is 0 Å². The van der Waals surface area contributed by atoms with E-state index >= 15 is 0 Å². The molecule has 2 rings (SSSR count). The molecule has 0 amide bonds. The normalized spacial score (nSPS) is 14.5. The summed E-state index contributed by atoms with van der Waals surface area (Å²) in [6.07, 6.45) is 0. The molecule has 20 heavy (non-hydrogen) atoms. The minimum atomic E-state index is -0.0361. The number of nitrogens with zero attached hydrogens (tertiary/aromatic N) is 1. The quantitative estimate of drug-likeness (QED) is 0.894. The molecule has 2 nitrogen and oxygen atoms in total. The van der Waals surface area contributed by atoms with Crippen LogP contribution in [0.1, 0.15) is 37.1 Å². The third kappa shape index (κ3) is 3.27.